The molecule has 0 spiro atoms. The van der Waals surface area contributed by atoms with Gasteiger partial charge < -0.3 is 0 Å². The van der Waals surface area contributed by atoms with Crippen molar-refractivity contribution in [2.24, 2.45) is 0 Å². The van der Waals surface area contributed by atoms with Crippen molar-refractivity contribution in [1.82, 2.24) is 4.98 Å². The molecule has 3 heterocycles. The molecule has 7 rings (SSSR count). The Morgan fingerprint density at radius 1 is 0.613 bits per heavy atom. The van der Waals surface area contributed by atoms with E-state index in [-0.39, 0.29) is 6.71 Å². The first kappa shape index (κ1) is 17.7. The van der Waals surface area contributed by atoms with Crippen LogP contribution in [-0.4, -0.2) is 11.7 Å². The van der Waals surface area contributed by atoms with Crippen LogP contribution < -0.4 is 16.4 Å². The van der Waals surface area contributed by atoms with E-state index >= 15 is 0 Å². The molecule has 2 aliphatic heterocycles. The summed E-state index contributed by atoms with van der Waals surface area (Å²) in [7, 11) is 0. The Bertz CT molecular complexity index is 1510. The van der Waals surface area contributed by atoms with E-state index in [9.17, 15) is 0 Å². The monoisotopic (exact) mass is 429 g/mol. The van der Waals surface area contributed by atoms with Gasteiger partial charge in [0, 0.05) is 36.7 Å². The zero-order chi connectivity index (χ0) is 20.4. The fraction of sp³-hybridized carbons (Fsp3) is 0. The van der Waals surface area contributed by atoms with Crippen LogP contribution in [0.4, 0.5) is 0 Å². The first-order valence-electron chi connectivity index (χ1n) is 10.4. The van der Waals surface area contributed by atoms with E-state index in [0.29, 0.717) is 0 Å². The molecular formula is C27H16BNS2. The maximum Gasteiger partial charge on any atom is 0.247 e. The second-order valence-corrected chi connectivity index (χ2v) is 10.1. The highest BCUT2D eigenvalue weighted by atomic mass is 32.2. The predicted octanol–water partition coefficient (Wildman–Crippen LogP) is 5.35. The second-order valence-electron chi connectivity index (χ2n) is 7.98. The molecule has 4 aromatic carbocycles. The van der Waals surface area contributed by atoms with Crippen molar-refractivity contribution in [2.45, 2.75) is 19.6 Å². The molecule has 1 nitrogen and oxygen atoms in total. The molecule has 0 bridgehead atoms. The van der Waals surface area contributed by atoms with Crippen molar-refractivity contribution in [3.05, 3.63) is 97.2 Å². The third-order valence-electron chi connectivity index (χ3n) is 6.24. The summed E-state index contributed by atoms with van der Waals surface area (Å²) in [6.07, 6.45) is 2.00. The zero-order valence-corrected chi connectivity index (χ0v) is 18.2. The van der Waals surface area contributed by atoms with Crippen LogP contribution in [-0.2, 0) is 0 Å². The van der Waals surface area contributed by atoms with Gasteiger partial charge in [0.25, 0.3) is 0 Å². The Kier molecular flexibility index (Phi) is 3.87. The van der Waals surface area contributed by atoms with Crippen LogP contribution in [0, 0.1) is 0 Å². The standard InChI is InChI=1S/C27H16BNS2/c1-2-8-18-16-29-22(15-17(18)7-1)19-9-5-11-21-27(19)31-25-14-6-13-24-26(25)28(21)20-10-3-4-12-23(20)30-24/h1-16H. The van der Waals surface area contributed by atoms with Crippen molar-refractivity contribution in [3.63, 3.8) is 0 Å². The Morgan fingerprint density at radius 3 is 2.26 bits per heavy atom. The Hall–Kier alpha value is -2.95. The number of hydrogen-bond donors (Lipinski definition) is 0. The maximum atomic E-state index is 4.85. The lowest BCUT2D eigenvalue weighted by molar-refractivity contribution is 1.30. The lowest BCUT2D eigenvalue weighted by Crippen LogP contribution is -2.58. The summed E-state index contributed by atoms with van der Waals surface area (Å²) in [6.45, 7) is 0.278. The summed E-state index contributed by atoms with van der Waals surface area (Å²) in [6, 6.07) is 33.0. The second kappa shape index (κ2) is 6.78. The minimum absolute atomic E-state index is 0.278. The van der Waals surface area contributed by atoms with E-state index in [1.807, 2.05) is 29.7 Å². The molecular weight excluding hydrogens is 413 g/mol. The Balaban J connectivity index is 1.49. The fourth-order valence-corrected chi connectivity index (χ4v) is 7.36. The van der Waals surface area contributed by atoms with Crippen LogP contribution in [0.25, 0.3) is 22.0 Å². The summed E-state index contributed by atoms with van der Waals surface area (Å²) in [5.74, 6) is 0. The molecule has 0 saturated carbocycles. The van der Waals surface area contributed by atoms with Gasteiger partial charge >= 0.3 is 0 Å². The van der Waals surface area contributed by atoms with Crippen LogP contribution in [0.5, 0.6) is 0 Å². The topological polar surface area (TPSA) is 12.9 Å². The fourth-order valence-electron chi connectivity index (χ4n) is 4.83. The third kappa shape index (κ3) is 2.65. The van der Waals surface area contributed by atoms with Gasteiger partial charge in [-0.15, -0.1) is 0 Å². The normalized spacial score (nSPS) is 13.5. The SMILES string of the molecule is c1ccc2c(c1)Sc1cccc3c1B2c1cccc(-c2cc4ccccc4cn2)c1S3. The van der Waals surface area contributed by atoms with Crippen LogP contribution >= 0.6 is 23.5 Å². The van der Waals surface area contributed by atoms with Crippen molar-refractivity contribution >= 4 is 57.4 Å². The largest absolute Gasteiger partial charge is 0.256 e. The molecule has 31 heavy (non-hydrogen) atoms. The van der Waals surface area contributed by atoms with Gasteiger partial charge in [-0.1, -0.05) is 101 Å². The molecule has 144 valence electrons. The molecule has 0 saturated heterocycles. The molecule has 0 aliphatic carbocycles. The van der Waals surface area contributed by atoms with E-state index in [4.69, 9.17) is 4.98 Å². The van der Waals surface area contributed by atoms with Gasteiger partial charge in [-0.25, -0.2) is 0 Å². The molecule has 1 aromatic heterocycles. The van der Waals surface area contributed by atoms with Gasteiger partial charge in [-0.05, 0) is 35.1 Å². The van der Waals surface area contributed by atoms with Gasteiger partial charge in [0.15, 0.2) is 0 Å². The highest BCUT2D eigenvalue weighted by Gasteiger charge is 2.38. The van der Waals surface area contributed by atoms with Crippen molar-refractivity contribution in [3.8, 4) is 11.3 Å². The van der Waals surface area contributed by atoms with Crippen LogP contribution in [0.15, 0.2) is 117 Å². The number of aromatic nitrogens is 1. The Labute approximate surface area is 190 Å². The zero-order valence-electron chi connectivity index (χ0n) is 16.6. The van der Waals surface area contributed by atoms with E-state index in [1.165, 1.54) is 52.3 Å². The average molecular weight is 429 g/mol. The summed E-state index contributed by atoms with van der Waals surface area (Å²) < 4.78 is 0. The highest BCUT2D eigenvalue weighted by Crippen LogP contribution is 2.41. The number of fused-ring (bicyclic) bond motifs is 5. The van der Waals surface area contributed by atoms with Crippen LogP contribution in [0.3, 0.4) is 0 Å². The van der Waals surface area contributed by atoms with Gasteiger partial charge in [-0.3, -0.25) is 4.98 Å². The van der Waals surface area contributed by atoms with Crippen molar-refractivity contribution in [1.29, 1.82) is 0 Å². The molecule has 0 atom stereocenters. The van der Waals surface area contributed by atoms with E-state index < -0.39 is 0 Å². The van der Waals surface area contributed by atoms with Crippen molar-refractivity contribution < 1.29 is 0 Å². The van der Waals surface area contributed by atoms with Crippen molar-refractivity contribution in [2.75, 3.05) is 0 Å². The number of hydrogen-bond acceptors (Lipinski definition) is 3. The van der Waals surface area contributed by atoms with Gasteiger partial charge in [0.1, 0.15) is 0 Å². The number of rotatable bonds is 1. The molecule has 0 unspecified atom stereocenters. The smallest absolute Gasteiger partial charge is 0.247 e. The molecule has 0 N–H and O–H groups in total. The lowest BCUT2D eigenvalue weighted by Gasteiger charge is -2.33. The Morgan fingerprint density at radius 2 is 1.32 bits per heavy atom. The maximum absolute atomic E-state index is 4.85. The predicted molar refractivity (Wildman–Crippen MR) is 133 cm³/mol. The lowest BCUT2D eigenvalue weighted by atomic mass is 9.36. The number of pyridine rings is 1. The third-order valence-corrected chi connectivity index (χ3v) is 8.64. The molecule has 0 fully saturated rings. The van der Waals surface area contributed by atoms with Gasteiger partial charge in [-0.2, -0.15) is 0 Å². The van der Waals surface area contributed by atoms with Gasteiger partial charge in [0.2, 0.25) is 6.71 Å². The molecule has 0 amide bonds. The first-order valence-corrected chi connectivity index (χ1v) is 12.1. The molecule has 2 aliphatic rings. The highest BCUT2D eigenvalue weighted by molar-refractivity contribution is 8.01. The van der Waals surface area contributed by atoms with Gasteiger partial charge in [0.05, 0.1) is 5.69 Å². The van der Waals surface area contributed by atoms with E-state index in [1.54, 1.807) is 0 Å². The first-order chi connectivity index (χ1) is 15.4. The minimum Gasteiger partial charge on any atom is -0.256 e. The van der Waals surface area contributed by atoms with E-state index in [2.05, 4.69) is 91.0 Å². The number of benzene rings is 4. The van der Waals surface area contributed by atoms with E-state index in [0.717, 1.165) is 5.69 Å². The number of nitrogens with zero attached hydrogens (tertiary/aromatic N) is 1. The average Bonchev–Trinajstić information content (AvgIpc) is 2.83. The molecule has 5 aromatic rings. The van der Waals surface area contributed by atoms with Crippen LogP contribution in [0.2, 0.25) is 0 Å². The summed E-state index contributed by atoms with van der Waals surface area (Å²) >= 11 is 3.80. The quantitative estimate of drug-likeness (QED) is 0.327. The van der Waals surface area contributed by atoms with Crippen LogP contribution in [0.1, 0.15) is 0 Å². The molecule has 4 heteroatoms. The molecule has 0 radical (unpaired) electrons. The summed E-state index contributed by atoms with van der Waals surface area (Å²) in [5.41, 5.74) is 6.54. The summed E-state index contributed by atoms with van der Waals surface area (Å²) in [4.78, 5) is 10.3. The summed E-state index contributed by atoms with van der Waals surface area (Å²) in [5, 5.41) is 2.41. The minimum atomic E-state index is 0.278.